The molecule has 0 aromatic heterocycles. The van der Waals surface area contributed by atoms with Crippen molar-refractivity contribution >= 4 is 17.8 Å². The summed E-state index contributed by atoms with van der Waals surface area (Å²) in [6, 6.07) is 17.7. The number of morpholine rings is 1. The van der Waals surface area contributed by atoms with Gasteiger partial charge in [0.15, 0.2) is 0 Å². The first-order valence-corrected chi connectivity index (χ1v) is 8.10. The Morgan fingerprint density at radius 2 is 1.79 bits per heavy atom. The van der Waals surface area contributed by atoms with Crippen LogP contribution in [-0.2, 0) is 16.0 Å². The first kappa shape index (κ1) is 16.2. The van der Waals surface area contributed by atoms with Gasteiger partial charge in [-0.15, -0.1) is 0 Å². The lowest BCUT2D eigenvalue weighted by Crippen LogP contribution is -2.36. The zero-order valence-corrected chi connectivity index (χ0v) is 13.5. The van der Waals surface area contributed by atoms with E-state index in [-0.39, 0.29) is 5.91 Å². The SMILES string of the molecule is O=C(Cc1ccccc1)NN=Cc1ccc(N2CCOCC2)cc1. The molecule has 1 amide bonds. The van der Waals surface area contributed by atoms with E-state index in [4.69, 9.17) is 4.74 Å². The third-order valence-corrected chi connectivity index (χ3v) is 3.88. The molecule has 0 aliphatic carbocycles. The molecule has 1 aliphatic rings. The van der Waals surface area contributed by atoms with Crippen molar-refractivity contribution < 1.29 is 9.53 Å². The van der Waals surface area contributed by atoms with Crippen molar-refractivity contribution in [1.82, 2.24) is 5.43 Å². The molecule has 0 bridgehead atoms. The molecule has 0 saturated carbocycles. The summed E-state index contributed by atoms with van der Waals surface area (Å²) in [5.74, 6) is -0.123. The summed E-state index contributed by atoms with van der Waals surface area (Å²) in [6.07, 6.45) is 1.99. The number of nitrogens with one attached hydrogen (secondary N) is 1. The van der Waals surface area contributed by atoms with Crippen LogP contribution in [0.25, 0.3) is 0 Å². The monoisotopic (exact) mass is 323 g/mol. The zero-order valence-electron chi connectivity index (χ0n) is 13.5. The maximum absolute atomic E-state index is 11.8. The van der Waals surface area contributed by atoms with Gasteiger partial charge in [0, 0.05) is 18.8 Å². The molecule has 0 atom stereocenters. The van der Waals surface area contributed by atoms with Crippen LogP contribution in [0.5, 0.6) is 0 Å². The first-order chi connectivity index (χ1) is 11.8. The minimum absolute atomic E-state index is 0.123. The fourth-order valence-electron chi connectivity index (χ4n) is 2.59. The lowest BCUT2D eigenvalue weighted by Gasteiger charge is -2.28. The molecule has 1 fully saturated rings. The predicted octanol–water partition coefficient (Wildman–Crippen LogP) is 2.22. The Morgan fingerprint density at radius 3 is 2.50 bits per heavy atom. The topological polar surface area (TPSA) is 53.9 Å². The molecule has 5 heteroatoms. The summed E-state index contributed by atoms with van der Waals surface area (Å²) in [7, 11) is 0. The van der Waals surface area contributed by atoms with Gasteiger partial charge < -0.3 is 9.64 Å². The van der Waals surface area contributed by atoms with Gasteiger partial charge in [0.2, 0.25) is 5.91 Å². The first-order valence-electron chi connectivity index (χ1n) is 8.10. The number of nitrogens with zero attached hydrogens (tertiary/aromatic N) is 2. The molecule has 2 aromatic carbocycles. The molecule has 3 rings (SSSR count). The van der Waals surface area contributed by atoms with Gasteiger partial charge in [0.25, 0.3) is 0 Å². The van der Waals surface area contributed by atoms with Crippen LogP contribution in [-0.4, -0.2) is 38.4 Å². The molecule has 0 spiro atoms. The smallest absolute Gasteiger partial charge is 0.244 e. The maximum atomic E-state index is 11.8. The van der Waals surface area contributed by atoms with E-state index in [0.29, 0.717) is 6.42 Å². The highest BCUT2D eigenvalue weighted by Crippen LogP contribution is 2.15. The summed E-state index contributed by atoms with van der Waals surface area (Å²) in [4.78, 5) is 14.1. The Kier molecular flexibility index (Phi) is 5.58. The van der Waals surface area contributed by atoms with Gasteiger partial charge in [0.1, 0.15) is 0 Å². The van der Waals surface area contributed by atoms with E-state index in [1.165, 1.54) is 5.69 Å². The second-order valence-electron chi connectivity index (χ2n) is 5.65. The second kappa shape index (κ2) is 8.26. The quantitative estimate of drug-likeness (QED) is 0.678. The molecule has 0 unspecified atom stereocenters. The standard InChI is InChI=1S/C19H21N3O2/c23-19(14-16-4-2-1-3-5-16)21-20-15-17-6-8-18(9-7-17)22-10-12-24-13-11-22/h1-9,15H,10-14H2,(H,21,23). The van der Waals surface area contributed by atoms with Crippen LogP contribution in [0.3, 0.4) is 0 Å². The molecule has 5 nitrogen and oxygen atoms in total. The highest BCUT2D eigenvalue weighted by Gasteiger charge is 2.10. The normalized spacial score (nSPS) is 14.8. The molecule has 124 valence electrons. The Morgan fingerprint density at radius 1 is 1.08 bits per heavy atom. The molecule has 0 radical (unpaired) electrons. The number of hydrogen-bond acceptors (Lipinski definition) is 4. The number of anilines is 1. The molecule has 1 N–H and O–H groups in total. The number of hydrogen-bond donors (Lipinski definition) is 1. The zero-order chi connectivity index (χ0) is 16.6. The summed E-state index contributed by atoms with van der Waals surface area (Å²) in [5, 5.41) is 4.02. The maximum Gasteiger partial charge on any atom is 0.244 e. The second-order valence-corrected chi connectivity index (χ2v) is 5.65. The minimum Gasteiger partial charge on any atom is -0.378 e. The van der Waals surface area contributed by atoms with Crippen molar-refractivity contribution in [3.05, 3.63) is 65.7 Å². The van der Waals surface area contributed by atoms with Gasteiger partial charge in [-0.2, -0.15) is 5.10 Å². The highest BCUT2D eigenvalue weighted by molar-refractivity contribution is 5.83. The van der Waals surface area contributed by atoms with Crippen molar-refractivity contribution in [2.24, 2.45) is 5.10 Å². The molecule has 24 heavy (non-hydrogen) atoms. The number of ether oxygens (including phenoxy) is 1. The van der Waals surface area contributed by atoms with Gasteiger partial charge in [-0.3, -0.25) is 4.79 Å². The Bertz CT molecular complexity index is 678. The van der Waals surface area contributed by atoms with Crippen molar-refractivity contribution in [1.29, 1.82) is 0 Å². The van der Waals surface area contributed by atoms with Crippen LogP contribution in [0.15, 0.2) is 59.7 Å². The summed E-state index contributed by atoms with van der Waals surface area (Å²) in [5.41, 5.74) is 5.67. The molecular weight excluding hydrogens is 302 g/mol. The van der Waals surface area contributed by atoms with Crippen molar-refractivity contribution in [3.8, 4) is 0 Å². The van der Waals surface area contributed by atoms with E-state index in [0.717, 1.165) is 37.4 Å². The van der Waals surface area contributed by atoms with E-state index < -0.39 is 0 Å². The largest absolute Gasteiger partial charge is 0.378 e. The van der Waals surface area contributed by atoms with Crippen molar-refractivity contribution in [2.75, 3.05) is 31.2 Å². The van der Waals surface area contributed by atoms with E-state index in [1.54, 1.807) is 6.21 Å². The molecule has 1 saturated heterocycles. The van der Waals surface area contributed by atoms with Crippen LogP contribution >= 0.6 is 0 Å². The van der Waals surface area contributed by atoms with Crippen LogP contribution in [0.4, 0.5) is 5.69 Å². The lowest BCUT2D eigenvalue weighted by molar-refractivity contribution is -0.120. The average Bonchev–Trinajstić information content (AvgIpc) is 2.64. The van der Waals surface area contributed by atoms with Gasteiger partial charge in [0.05, 0.1) is 25.8 Å². The van der Waals surface area contributed by atoms with E-state index in [1.807, 2.05) is 42.5 Å². The Hall–Kier alpha value is -2.66. The van der Waals surface area contributed by atoms with Crippen molar-refractivity contribution in [3.63, 3.8) is 0 Å². The van der Waals surface area contributed by atoms with E-state index in [2.05, 4.69) is 27.6 Å². The van der Waals surface area contributed by atoms with Gasteiger partial charge >= 0.3 is 0 Å². The van der Waals surface area contributed by atoms with Crippen LogP contribution in [0.1, 0.15) is 11.1 Å². The summed E-state index contributed by atoms with van der Waals surface area (Å²) in [6.45, 7) is 3.39. The minimum atomic E-state index is -0.123. The van der Waals surface area contributed by atoms with Gasteiger partial charge in [-0.05, 0) is 23.3 Å². The molecule has 2 aromatic rings. The Balaban J connectivity index is 1.50. The van der Waals surface area contributed by atoms with Crippen LogP contribution in [0.2, 0.25) is 0 Å². The van der Waals surface area contributed by atoms with E-state index >= 15 is 0 Å². The number of amides is 1. The molecule has 1 aliphatic heterocycles. The van der Waals surface area contributed by atoms with Crippen molar-refractivity contribution in [2.45, 2.75) is 6.42 Å². The summed E-state index contributed by atoms with van der Waals surface area (Å²) < 4.78 is 5.36. The Labute approximate surface area is 141 Å². The summed E-state index contributed by atoms with van der Waals surface area (Å²) >= 11 is 0. The third kappa shape index (κ3) is 4.67. The number of carbonyl (C=O) groups is 1. The van der Waals surface area contributed by atoms with Crippen LogP contribution in [0, 0.1) is 0 Å². The highest BCUT2D eigenvalue weighted by atomic mass is 16.5. The molecular formula is C19H21N3O2. The third-order valence-electron chi connectivity index (χ3n) is 3.88. The number of hydrazone groups is 1. The van der Waals surface area contributed by atoms with Gasteiger partial charge in [-0.25, -0.2) is 5.43 Å². The van der Waals surface area contributed by atoms with Gasteiger partial charge in [-0.1, -0.05) is 42.5 Å². The average molecular weight is 323 g/mol. The fraction of sp³-hybridized carbons (Fsp3) is 0.263. The van der Waals surface area contributed by atoms with E-state index in [9.17, 15) is 4.79 Å². The van der Waals surface area contributed by atoms with Crippen LogP contribution < -0.4 is 10.3 Å². The number of carbonyl (C=O) groups excluding carboxylic acids is 1. The number of rotatable bonds is 5. The lowest BCUT2D eigenvalue weighted by atomic mass is 10.1. The molecule has 1 heterocycles. The fourth-order valence-corrected chi connectivity index (χ4v) is 2.59. The number of benzene rings is 2. The predicted molar refractivity (Wildman–Crippen MR) is 95.4 cm³/mol.